The van der Waals surface area contributed by atoms with Gasteiger partial charge in [-0.05, 0) is 84.8 Å². The summed E-state index contributed by atoms with van der Waals surface area (Å²) in [7, 11) is 3.25. The fourth-order valence-electron chi connectivity index (χ4n) is 4.95. The Kier molecular flexibility index (Phi) is 56.5. The molecule has 0 amide bonds. The summed E-state index contributed by atoms with van der Waals surface area (Å²) in [6.07, 6.45) is 30.1. The smallest absolute Gasteiger partial charge is 0.305 e. The second-order valence-electron chi connectivity index (χ2n) is 14.2. The molecule has 352 valence electrons. The molecule has 11 heteroatoms. The summed E-state index contributed by atoms with van der Waals surface area (Å²) in [6.45, 7) is 26.6. The third-order valence-electron chi connectivity index (χ3n) is 8.10. The highest BCUT2D eigenvalue weighted by Gasteiger charge is 2.31. The highest BCUT2D eigenvalue weighted by molar-refractivity contribution is 5.98. The third-order valence-corrected chi connectivity index (χ3v) is 8.10. The molecule has 2 unspecified atom stereocenters. The molecule has 1 saturated heterocycles. The summed E-state index contributed by atoms with van der Waals surface area (Å²) in [4.78, 5) is 30.0. The van der Waals surface area contributed by atoms with Crippen molar-refractivity contribution in [2.45, 2.75) is 210 Å². The molecule has 1 aliphatic heterocycles. The molecule has 0 spiro atoms. The maximum Gasteiger partial charge on any atom is 0.305 e. The molecule has 1 aliphatic rings. The van der Waals surface area contributed by atoms with Gasteiger partial charge in [-0.2, -0.15) is 4.39 Å². The van der Waals surface area contributed by atoms with E-state index in [0.29, 0.717) is 50.9 Å². The van der Waals surface area contributed by atoms with E-state index in [2.05, 4.69) is 48.0 Å². The van der Waals surface area contributed by atoms with Gasteiger partial charge < -0.3 is 29.4 Å². The number of carbonyl (C=O) groups is 2. The molecular formula is C49H92FN3O7. The van der Waals surface area contributed by atoms with E-state index >= 15 is 0 Å². The van der Waals surface area contributed by atoms with E-state index in [9.17, 15) is 14.0 Å². The summed E-state index contributed by atoms with van der Waals surface area (Å²) < 4.78 is 37.6. The molecule has 1 fully saturated rings. The lowest BCUT2D eigenvalue weighted by Crippen LogP contribution is -2.21. The zero-order valence-corrected chi connectivity index (χ0v) is 40.9. The lowest BCUT2D eigenvalue weighted by atomic mass is 10.0. The van der Waals surface area contributed by atoms with E-state index in [0.717, 1.165) is 50.5 Å². The summed E-state index contributed by atoms with van der Waals surface area (Å²) in [5.41, 5.74) is 6.93. The van der Waals surface area contributed by atoms with E-state index < -0.39 is 5.95 Å². The molecule has 0 aromatic carbocycles. The van der Waals surface area contributed by atoms with Gasteiger partial charge in [-0.25, -0.2) is 4.99 Å². The standard InChI is InChI=1S/C13H22FN3.C13H24O3.C11H22O2.C8H12O.C2H6O.C2H6/c1-5-7-8-11(14)17-13(15)12(10(3)4)16-9-6-2;1-3-5-6-7-8-9-10-13(14)16-12-11-15-4-2;1-3-5-6-7-8-9-10-11(12)13-4-2;1-4-8(3)6-5-7(2)9-8;1-3-2;1-2/h8-9H,5-7H2,1-4H3,(H2,15,17);4H,2-3,5-12H2,1H3;3-10H2,1-2H3;1,7H,5-6H2,2-3H3;1-2H3;1-2H3/b11-8+,16-9?;;;;;. The zero-order chi connectivity index (χ0) is 46.9. The maximum atomic E-state index is 13.3. The molecule has 10 nitrogen and oxygen atoms in total. The van der Waals surface area contributed by atoms with Gasteiger partial charge in [0.1, 0.15) is 24.5 Å². The fraction of sp³-hybridized carbons (Fsp3) is 0.755. The zero-order valence-electron chi connectivity index (χ0n) is 40.9. The average Bonchev–Trinajstić information content (AvgIpc) is 3.58. The van der Waals surface area contributed by atoms with Crippen molar-refractivity contribution in [1.82, 2.24) is 0 Å². The summed E-state index contributed by atoms with van der Waals surface area (Å²) >= 11 is 0. The predicted molar refractivity (Wildman–Crippen MR) is 254 cm³/mol. The van der Waals surface area contributed by atoms with Crippen molar-refractivity contribution in [1.29, 1.82) is 0 Å². The molecule has 60 heavy (non-hydrogen) atoms. The lowest BCUT2D eigenvalue weighted by Gasteiger charge is -2.15. The molecule has 2 N–H and O–H groups in total. The SMILES string of the molecule is C#CC1(C)CCC(C)O1.C=COCCOC(=O)CCCCCCCC.CC.CCC=NC(=C(C)C)/C(N)=N\C(F)=C\CCC.CCCCCCCCC(=O)OCC.COC. The van der Waals surface area contributed by atoms with Gasteiger partial charge in [0.25, 0.3) is 0 Å². The molecule has 0 aromatic heterocycles. The molecule has 0 aliphatic carbocycles. The number of carbonyl (C=O) groups excluding carboxylic acids is 2. The Morgan fingerprint density at radius 3 is 1.77 bits per heavy atom. The van der Waals surface area contributed by atoms with E-state index in [1.807, 2.05) is 55.4 Å². The van der Waals surface area contributed by atoms with Crippen LogP contribution in [0.3, 0.4) is 0 Å². The van der Waals surface area contributed by atoms with Crippen LogP contribution < -0.4 is 5.73 Å². The number of nitrogens with zero attached hydrogens (tertiary/aromatic N) is 2. The quantitative estimate of drug-likeness (QED) is 0.0183. The molecule has 0 bridgehead atoms. The van der Waals surface area contributed by atoms with Crippen LogP contribution in [0.1, 0.15) is 198 Å². The van der Waals surface area contributed by atoms with Gasteiger partial charge in [0.05, 0.1) is 19.0 Å². The number of rotatable bonds is 25. The second kappa shape index (κ2) is 51.7. The maximum absolute atomic E-state index is 13.3. The number of hydrogen-bond acceptors (Lipinski definition) is 9. The second-order valence-corrected chi connectivity index (χ2v) is 14.2. The molecular weight excluding hydrogens is 762 g/mol. The lowest BCUT2D eigenvalue weighted by molar-refractivity contribution is -0.145. The van der Waals surface area contributed by atoms with Crippen molar-refractivity contribution in [3.8, 4) is 12.3 Å². The molecule has 0 aromatic rings. The molecule has 2 atom stereocenters. The number of unbranched alkanes of at least 4 members (excludes halogenated alkanes) is 11. The first kappa shape index (κ1) is 65.6. The largest absolute Gasteiger partial charge is 0.498 e. The van der Waals surface area contributed by atoms with Crippen molar-refractivity contribution in [3.63, 3.8) is 0 Å². The minimum absolute atomic E-state index is 0.0435. The number of ether oxygens (including phenoxy) is 5. The first-order chi connectivity index (χ1) is 28.7. The van der Waals surface area contributed by atoms with Crippen LogP contribution in [0.2, 0.25) is 0 Å². The van der Waals surface area contributed by atoms with Gasteiger partial charge >= 0.3 is 11.9 Å². The van der Waals surface area contributed by atoms with Crippen LogP contribution in [-0.4, -0.2) is 69.7 Å². The van der Waals surface area contributed by atoms with Crippen LogP contribution in [0.5, 0.6) is 0 Å². The Bertz CT molecular complexity index is 1160. The third kappa shape index (κ3) is 50.7. The van der Waals surface area contributed by atoms with E-state index in [-0.39, 0.29) is 23.4 Å². The molecule has 0 radical (unpaired) electrons. The van der Waals surface area contributed by atoms with Crippen LogP contribution in [0.15, 0.2) is 46.1 Å². The van der Waals surface area contributed by atoms with Crippen molar-refractivity contribution in [3.05, 3.63) is 36.1 Å². The first-order valence-electron chi connectivity index (χ1n) is 22.7. The number of amidine groups is 1. The Balaban J connectivity index is -0.000000219. The number of esters is 2. The van der Waals surface area contributed by atoms with Gasteiger partial charge in [0, 0.05) is 33.3 Å². The van der Waals surface area contributed by atoms with E-state index in [1.165, 1.54) is 70.1 Å². The predicted octanol–water partition coefficient (Wildman–Crippen LogP) is 13.3. The number of terminal acetylenes is 1. The van der Waals surface area contributed by atoms with Crippen molar-refractivity contribution >= 4 is 24.0 Å². The van der Waals surface area contributed by atoms with Gasteiger partial charge in [-0.15, -0.1) is 6.42 Å². The highest BCUT2D eigenvalue weighted by Crippen LogP contribution is 2.28. The highest BCUT2D eigenvalue weighted by atomic mass is 19.1. The van der Waals surface area contributed by atoms with Crippen molar-refractivity contribution in [2.24, 2.45) is 15.7 Å². The summed E-state index contributed by atoms with van der Waals surface area (Å²) in [5, 5.41) is 0. The van der Waals surface area contributed by atoms with Crippen LogP contribution >= 0.6 is 0 Å². The Morgan fingerprint density at radius 2 is 1.38 bits per heavy atom. The monoisotopic (exact) mass is 854 g/mol. The number of nitrogens with two attached hydrogens (primary N) is 1. The Hall–Kier alpha value is -3.49. The van der Waals surface area contributed by atoms with Crippen LogP contribution in [0, 0.1) is 12.3 Å². The molecule has 1 rings (SSSR count). The number of allylic oxidation sites excluding steroid dienone is 2. The first-order valence-corrected chi connectivity index (χ1v) is 22.7. The number of halogens is 1. The molecule has 0 saturated carbocycles. The summed E-state index contributed by atoms with van der Waals surface area (Å²) in [6, 6.07) is 0. The minimum atomic E-state index is -0.546. The van der Waals surface area contributed by atoms with E-state index in [4.69, 9.17) is 31.1 Å². The number of methoxy groups -OCH3 is 1. The van der Waals surface area contributed by atoms with Gasteiger partial charge in [-0.1, -0.05) is 125 Å². The van der Waals surface area contributed by atoms with Crippen molar-refractivity contribution in [2.75, 3.05) is 34.0 Å². The van der Waals surface area contributed by atoms with Gasteiger partial charge in [0.15, 0.2) is 5.84 Å². The van der Waals surface area contributed by atoms with Crippen molar-refractivity contribution < 1.29 is 37.7 Å². The fourth-order valence-corrected chi connectivity index (χ4v) is 4.95. The van der Waals surface area contributed by atoms with Crippen LogP contribution in [0.4, 0.5) is 4.39 Å². The van der Waals surface area contributed by atoms with Crippen LogP contribution in [-0.2, 0) is 33.3 Å². The number of aliphatic imine (C=N–C) groups is 2. The van der Waals surface area contributed by atoms with Crippen LogP contribution in [0.25, 0.3) is 0 Å². The number of hydrogen-bond donors (Lipinski definition) is 1. The average molecular weight is 854 g/mol. The topological polar surface area (TPSA) is 131 Å². The van der Waals surface area contributed by atoms with E-state index in [1.54, 1.807) is 20.4 Å². The molecule has 1 heterocycles. The minimum Gasteiger partial charge on any atom is -0.498 e. The Labute approximate surface area is 368 Å². The Morgan fingerprint density at radius 1 is 0.883 bits per heavy atom. The normalized spacial score (nSPS) is 15.3. The van der Waals surface area contributed by atoms with Gasteiger partial charge in [0.2, 0.25) is 5.95 Å². The van der Waals surface area contributed by atoms with Gasteiger partial charge in [-0.3, -0.25) is 14.6 Å². The summed E-state index contributed by atoms with van der Waals surface area (Å²) in [5.74, 6) is 2.06.